The van der Waals surface area contributed by atoms with Crippen molar-refractivity contribution in [1.29, 1.82) is 0 Å². The van der Waals surface area contributed by atoms with Gasteiger partial charge in [0.2, 0.25) is 0 Å². The molecule has 0 saturated carbocycles. The van der Waals surface area contributed by atoms with E-state index in [0.717, 1.165) is 6.54 Å². The Kier molecular flexibility index (Phi) is 3.62. The fourth-order valence-electron chi connectivity index (χ4n) is 1.77. The van der Waals surface area contributed by atoms with Gasteiger partial charge in [-0.2, -0.15) is 0 Å². The number of hydrogen-bond acceptors (Lipinski definition) is 3. The molecule has 0 aliphatic heterocycles. The average molecular weight is 249 g/mol. The first-order valence-electron chi connectivity index (χ1n) is 5.78. The minimum absolute atomic E-state index is 0.145. The lowest BCUT2D eigenvalue weighted by Gasteiger charge is -2.15. The standard InChI is InChI=1S/C13H16FN3O/c1-16(2)8-7-15-17-12-5-4-11(14)9-10(12)3-6-13(17)18/h3-6,9,15H,7-8H2,1-2H3. The molecule has 0 spiro atoms. The van der Waals surface area contributed by atoms with E-state index in [0.29, 0.717) is 17.4 Å². The third kappa shape index (κ3) is 2.68. The molecule has 5 heteroatoms. The van der Waals surface area contributed by atoms with Crippen molar-refractivity contribution >= 4 is 10.9 Å². The summed E-state index contributed by atoms with van der Waals surface area (Å²) in [4.78, 5) is 13.8. The third-order valence-electron chi connectivity index (χ3n) is 2.69. The van der Waals surface area contributed by atoms with Crippen molar-refractivity contribution < 1.29 is 4.39 Å². The van der Waals surface area contributed by atoms with Crippen LogP contribution in [-0.2, 0) is 0 Å². The number of likely N-dealkylation sites (N-methyl/N-ethyl adjacent to an activating group) is 1. The molecule has 0 saturated heterocycles. The Morgan fingerprint density at radius 2 is 2.06 bits per heavy atom. The van der Waals surface area contributed by atoms with Gasteiger partial charge in [0.1, 0.15) is 5.82 Å². The second-order valence-corrected chi connectivity index (χ2v) is 4.42. The second kappa shape index (κ2) is 5.18. The zero-order valence-electron chi connectivity index (χ0n) is 10.5. The minimum Gasteiger partial charge on any atom is -0.321 e. The van der Waals surface area contributed by atoms with Gasteiger partial charge in [-0.25, -0.2) is 9.07 Å². The molecular weight excluding hydrogens is 233 g/mol. The van der Waals surface area contributed by atoms with E-state index in [2.05, 4.69) is 5.43 Å². The van der Waals surface area contributed by atoms with E-state index >= 15 is 0 Å². The van der Waals surface area contributed by atoms with Gasteiger partial charge in [-0.3, -0.25) is 4.79 Å². The van der Waals surface area contributed by atoms with Crippen LogP contribution in [0.15, 0.2) is 35.1 Å². The Balaban J connectivity index is 2.36. The lowest BCUT2D eigenvalue weighted by molar-refractivity contribution is 0.419. The zero-order chi connectivity index (χ0) is 13.1. The summed E-state index contributed by atoms with van der Waals surface area (Å²) in [7, 11) is 3.92. The maximum absolute atomic E-state index is 13.1. The Morgan fingerprint density at radius 3 is 2.78 bits per heavy atom. The summed E-state index contributed by atoms with van der Waals surface area (Å²) in [5.74, 6) is -0.305. The zero-order valence-corrected chi connectivity index (χ0v) is 10.5. The van der Waals surface area contributed by atoms with E-state index in [1.165, 1.54) is 22.9 Å². The molecule has 1 heterocycles. The molecule has 0 unspecified atom stereocenters. The summed E-state index contributed by atoms with van der Waals surface area (Å²) >= 11 is 0. The highest BCUT2D eigenvalue weighted by atomic mass is 19.1. The van der Waals surface area contributed by atoms with E-state index in [4.69, 9.17) is 0 Å². The number of rotatable bonds is 4. The van der Waals surface area contributed by atoms with Crippen molar-refractivity contribution in [2.45, 2.75) is 0 Å². The van der Waals surface area contributed by atoms with Gasteiger partial charge in [-0.15, -0.1) is 0 Å². The molecule has 0 aliphatic rings. The van der Waals surface area contributed by atoms with Crippen LogP contribution >= 0.6 is 0 Å². The van der Waals surface area contributed by atoms with E-state index < -0.39 is 0 Å². The number of nitrogens with one attached hydrogen (secondary N) is 1. The van der Waals surface area contributed by atoms with Crippen LogP contribution in [0, 0.1) is 5.82 Å². The largest absolute Gasteiger partial charge is 0.321 e. The molecule has 0 bridgehead atoms. The van der Waals surface area contributed by atoms with Crippen LogP contribution in [0.25, 0.3) is 10.9 Å². The highest BCUT2D eigenvalue weighted by Gasteiger charge is 2.03. The summed E-state index contributed by atoms with van der Waals surface area (Å²) in [5.41, 5.74) is 3.58. The van der Waals surface area contributed by atoms with Crippen LogP contribution < -0.4 is 11.0 Å². The van der Waals surface area contributed by atoms with Crippen LogP contribution in [-0.4, -0.2) is 36.8 Å². The monoisotopic (exact) mass is 249 g/mol. The lowest BCUT2D eigenvalue weighted by Crippen LogP contribution is -2.33. The maximum Gasteiger partial charge on any atom is 0.269 e. The highest BCUT2D eigenvalue weighted by Crippen LogP contribution is 2.12. The third-order valence-corrected chi connectivity index (χ3v) is 2.69. The van der Waals surface area contributed by atoms with Crippen molar-refractivity contribution in [1.82, 2.24) is 9.58 Å². The van der Waals surface area contributed by atoms with Crippen LogP contribution in [0.3, 0.4) is 0 Å². The Labute approximate surface area is 105 Å². The van der Waals surface area contributed by atoms with Gasteiger partial charge in [-0.05, 0) is 38.4 Å². The molecule has 1 aromatic carbocycles. The average Bonchev–Trinajstić information content (AvgIpc) is 2.31. The van der Waals surface area contributed by atoms with Crippen LogP contribution in [0.1, 0.15) is 0 Å². The highest BCUT2D eigenvalue weighted by molar-refractivity contribution is 5.79. The molecule has 0 atom stereocenters. The SMILES string of the molecule is CN(C)CCNn1c(=O)ccc2cc(F)ccc21. The predicted molar refractivity (Wildman–Crippen MR) is 70.9 cm³/mol. The smallest absolute Gasteiger partial charge is 0.269 e. The molecule has 0 amide bonds. The molecule has 0 aliphatic carbocycles. The lowest BCUT2D eigenvalue weighted by atomic mass is 10.2. The molecule has 1 aromatic heterocycles. The minimum atomic E-state index is -0.305. The molecule has 0 radical (unpaired) electrons. The first-order valence-corrected chi connectivity index (χ1v) is 5.78. The normalized spacial score (nSPS) is 11.1. The van der Waals surface area contributed by atoms with Crippen molar-refractivity contribution in [3.63, 3.8) is 0 Å². The first-order chi connectivity index (χ1) is 8.58. The van der Waals surface area contributed by atoms with E-state index in [1.807, 2.05) is 19.0 Å². The number of aromatic nitrogens is 1. The first kappa shape index (κ1) is 12.6. The van der Waals surface area contributed by atoms with E-state index in [1.54, 1.807) is 12.1 Å². The number of hydrogen-bond donors (Lipinski definition) is 1. The number of benzene rings is 1. The van der Waals surface area contributed by atoms with Gasteiger partial charge in [-0.1, -0.05) is 0 Å². The fourth-order valence-corrected chi connectivity index (χ4v) is 1.77. The number of fused-ring (bicyclic) bond motifs is 1. The van der Waals surface area contributed by atoms with Crippen molar-refractivity contribution in [3.05, 3.63) is 46.5 Å². The summed E-state index contributed by atoms with van der Waals surface area (Å²) in [6, 6.07) is 7.44. The molecule has 0 fully saturated rings. The second-order valence-electron chi connectivity index (χ2n) is 4.42. The Morgan fingerprint density at radius 1 is 1.28 bits per heavy atom. The van der Waals surface area contributed by atoms with Gasteiger partial charge < -0.3 is 10.3 Å². The Hall–Kier alpha value is -1.88. The summed E-state index contributed by atoms with van der Waals surface area (Å²) in [5, 5.41) is 0.701. The van der Waals surface area contributed by atoms with Crippen molar-refractivity contribution in [2.24, 2.45) is 0 Å². The van der Waals surface area contributed by atoms with E-state index in [-0.39, 0.29) is 11.4 Å². The molecule has 2 aromatic rings. The van der Waals surface area contributed by atoms with Crippen LogP contribution in [0.2, 0.25) is 0 Å². The Bertz CT molecular complexity index is 607. The van der Waals surface area contributed by atoms with Crippen molar-refractivity contribution in [2.75, 3.05) is 32.6 Å². The van der Waals surface area contributed by atoms with Crippen molar-refractivity contribution in [3.8, 4) is 0 Å². The van der Waals surface area contributed by atoms with Gasteiger partial charge in [0.05, 0.1) is 5.52 Å². The van der Waals surface area contributed by atoms with Gasteiger partial charge in [0.15, 0.2) is 0 Å². The fraction of sp³-hybridized carbons (Fsp3) is 0.308. The topological polar surface area (TPSA) is 37.3 Å². The summed E-state index contributed by atoms with van der Waals surface area (Å²) in [6.45, 7) is 1.45. The number of nitrogens with zero attached hydrogens (tertiary/aromatic N) is 2. The van der Waals surface area contributed by atoms with Crippen LogP contribution in [0.4, 0.5) is 4.39 Å². The number of pyridine rings is 1. The quantitative estimate of drug-likeness (QED) is 0.886. The molecule has 18 heavy (non-hydrogen) atoms. The molecule has 4 nitrogen and oxygen atoms in total. The summed E-state index contributed by atoms with van der Waals surface area (Å²) in [6.07, 6.45) is 0. The van der Waals surface area contributed by atoms with Gasteiger partial charge in [0, 0.05) is 24.5 Å². The van der Waals surface area contributed by atoms with Gasteiger partial charge in [0.25, 0.3) is 5.56 Å². The molecule has 1 N–H and O–H groups in total. The number of halogens is 1. The molecule has 96 valence electrons. The predicted octanol–water partition coefficient (Wildman–Crippen LogP) is 1.25. The molecule has 2 rings (SSSR count). The van der Waals surface area contributed by atoms with E-state index in [9.17, 15) is 9.18 Å². The summed E-state index contributed by atoms with van der Waals surface area (Å²) < 4.78 is 14.6. The van der Waals surface area contributed by atoms with Gasteiger partial charge >= 0.3 is 0 Å². The molecular formula is C13H16FN3O. The maximum atomic E-state index is 13.1. The van der Waals surface area contributed by atoms with Crippen LogP contribution in [0.5, 0.6) is 0 Å².